The third-order valence-electron chi connectivity index (χ3n) is 3.76. The molecule has 0 aromatic carbocycles. The van der Waals surface area contributed by atoms with Crippen molar-refractivity contribution >= 4 is 0 Å². The highest BCUT2D eigenvalue weighted by Gasteiger charge is 2.18. The Hall–Kier alpha value is -1.44. The van der Waals surface area contributed by atoms with Gasteiger partial charge >= 0.3 is 0 Å². The van der Waals surface area contributed by atoms with Gasteiger partial charge in [-0.3, -0.25) is 14.8 Å². The average Bonchev–Trinajstić information content (AvgIpc) is 2.41. The highest BCUT2D eigenvalue weighted by molar-refractivity contribution is 5.19. The van der Waals surface area contributed by atoms with E-state index in [1.807, 2.05) is 6.20 Å². The Morgan fingerprint density at radius 2 is 1.80 bits per heavy atom. The van der Waals surface area contributed by atoms with Crippen LogP contribution in [0.15, 0.2) is 18.3 Å². The zero-order valence-electron chi connectivity index (χ0n) is 12.8. The number of pyridine rings is 1. The summed E-state index contributed by atoms with van der Waals surface area (Å²) < 4.78 is 0. The van der Waals surface area contributed by atoms with Crippen molar-refractivity contribution in [2.24, 2.45) is 0 Å². The molecule has 0 bridgehead atoms. The van der Waals surface area contributed by atoms with Gasteiger partial charge in [-0.15, -0.1) is 0 Å². The minimum atomic E-state index is 0.113. The van der Waals surface area contributed by atoms with E-state index in [1.165, 1.54) is 5.56 Å². The molecule has 0 aliphatic carbocycles. The number of rotatable bonds is 3. The molecule has 0 unspecified atom stereocenters. The zero-order chi connectivity index (χ0) is 14.6. The van der Waals surface area contributed by atoms with Gasteiger partial charge in [-0.2, -0.15) is 5.26 Å². The van der Waals surface area contributed by atoms with E-state index in [-0.39, 0.29) is 5.41 Å². The molecule has 0 spiro atoms. The Morgan fingerprint density at radius 3 is 2.30 bits per heavy atom. The normalized spacial score (nSPS) is 17.9. The first-order chi connectivity index (χ1) is 9.49. The smallest absolute Gasteiger partial charge is 0.0866 e. The predicted octanol–water partition coefficient (Wildman–Crippen LogP) is 2.02. The second-order valence-corrected chi connectivity index (χ2v) is 6.51. The van der Waals surface area contributed by atoms with Gasteiger partial charge in [0.25, 0.3) is 0 Å². The van der Waals surface area contributed by atoms with Crippen LogP contribution >= 0.6 is 0 Å². The van der Waals surface area contributed by atoms with E-state index in [2.05, 4.69) is 53.8 Å². The Labute approximate surface area is 122 Å². The van der Waals surface area contributed by atoms with Crippen LogP contribution in [0.5, 0.6) is 0 Å². The molecule has 20 heavy (non-hydrogen) atoms. The van der Waals surface area contributed by atoms with Gasteiger partial charge in [-0.05, 0) is 11.6 Å². The lowest BCUT2D eigenvalue weighted by molar-refractivity contribution is 0.138. The summed E-state index contributed by atoms with van der Waals surface area (Å²) in [5.41, 5.74) is 2.52. The Kier molecular flexibility index (Phi) is 4.74. The van der Waals surface area contributed by atoms with Crippen LogP contribution in [0.25, 0.3) is 0 Å². The third-order valence-corrected chi connectivity index (χ3v) is 3.76. The maximum absolute atomic E-state index is 8.70. The number of nitriles is 1. The van der Waals surface area contributed by atoms with Crippen molar-refractivity contribution in [2.75, 3.05) is 32.7 Å². The summed E-state index contributed by atoms with van der Waals surface area (Å²) in [5.74, 6) is 0. The number of piperazine rings is 1. The first kappa shape index (κ1) is 15.0. The van der Waals surface area contributed by atoms with E-state index < -0.39 is 0 Å². The van der Waals surface area contributed by atoms with Crippen molar-refractivity contribution in [1.82, 2.24) is 14.8 Å². The van der Waals surface area contributed by atoms with Crippen molar-refractivity contribution in [3.8, 4) is 6.07 Å². The first-order valence-electron chi connectivity index (χ1n) is 7.26. The minimum Gasteiger partial charge on any atom is -0.296 e. The monoisotopic (exact) mass is 272 g/mol. The summed E-state index contributed by atoms with van der Waals surface area (Å²) in [6.45, 7) is 12.1. The molecule has 4 nitrogen and oxygen atoms in total. The third kappa shape index (κ3) is 4.03. The molecular formula is C16H24N4. The quantitative estimate of drug-likeness (QED) is 0.790. The van der Waals surface area contributed by atoms with Gasteiger partial charge in [-0.1, -0.05) is 26.8 Å². The lowest BCUT2D eigenvalue weighted by Gasteiger charge is -2.33. The van der Waals surface area contributed by atoms with Crippen LogP contribution in [0.1, 0.15) is 32.0 Å². The second kappa shape index (κ2) is 6.34. The van der Waals surface area contributed by atoms with Gasteiger partial charge in [0.15, 0.2) is 0 Å². The SMILES string of the molecule is CC(C)(C)c1ccc(CN2CCN(CC#N)CC2)cn1. The number of hydrogen-bond donors (Lipinski definition) is 0. The maximum Gasteiger partial charge on any atom is 0.0866 e. The molecule has 2 rings (SSSR count). The summed E-state index contributed by atoms with van der Waals surface area (Å²) in [5, 5.41) is 8.70. The fraction of sp³-hybridized carbons (Fsp3) is 0.625. The van der Waals surface area contributed by atoms with Crippen LogP contribution in [0.3, 0.4) is 0 Å². The molecule has 108 valence electrons. The lowest BCUT2D eigenvalue weighted by Crippen LogP contribution is -2.45. The predicted molar refractivity (Wildman–Crippen MR) is 80.3 cm³/mol. The summed E-state index contributed by atoms with van der Waals surface area (Å²) in [4.78, 5) is 9.22. The Balaban J connectivity index is 1.87. The molecule has 0 amide bonds. The second-order valence-electron chi connectivity index (χ2n) is 6.51. The Bertz CT molecular complexity index is 459. The molecule has 4 heteroatoms. The summed E-state index contributed by atoms with van der Waals surface area (Å²) in [6.07, 6.45) is 2.00. The van der Waals surface area contributed by atoms with Crippen molar-refractivity contribution in [3.63, 3.8) is 0 Å². The summed E-state index contributed by atoms with van der Waals surface area (Å²) in [7, 11) is 0. The van der Waals surface area contributed by atoms with E-state index in [9.17, 15) is 0 Å². The molecule has 1 fully saturated rings. The lowest BCUT2D eigenvalue weighted by atomic mass is 9.91. The summed E-state index contributed by atoms with van der Waals surface area (Å²) >= 11 is 0. The van der Waals surface area contributed by atoms with Gasteiger partial charge in [0.05, 0.1) is 12.6 Å². The van der Waals surface area contributed by atoms with Crippen LogP contribution in [0.4, 0.5) is 0 Å². The van der Waals surface area contributed by atoms with E-state index >= 15 is 0 Å². The molecule has 0 atom stereocenters. The van der Waals surface area contributed by atoms with E-state index in [0.29, 0.717) is 6.54 Å². The molecule has 1 aliphatic heterocycles. The van der Waals surface area contributed by atoms with Crippen molar-refractivity contribution in [1.29, 1.82) is 5.26 Å². The largest absolute Gasteiger partial charge is 0.296 e. The topological polar surface area (TPSA) is 43.2 Å². The van der Waals surface area contributed by atoms with Crippen LogP contribution < -0.4 is 0 Å². The molecule has 0 saturated carbocycles. The molecule has 1 aliphatic rings. The van der Waals surface area contributed by atoms with Crippen LogP contribution in [-0.2, 0) is 12.0 Å². The molecule has 2 heterocycles. The van der Waals surface area contributed by atoms with Gasteiger partial charge in [0.1, 0.15) is 0 Å². The summed E-state index contributed by atoms with van der Waals surface area (Å²) in [6, 6.07) is 6.55. The maximum atomic E-state index is 8.70. The van der Waals surface area contributed by atoms with E-state index in [1.54, 1.807) is 0 Å². The fourth-order valence-corrected chi connectivity index (χ4v) is 2.43. The number of nitrogens with zero attached hydrogens (tertiary/aromatic N) is 4. The molecular weight excluding hydrogens is 248 g/mol. The number of aromatic nitrogens is 1. The van der Waals surface area contributed by atoms with Gasteiger partial charge < -0.3 is 0 Å². The molecule has 1 saturated heterocycles. The number of hydrogen-bond acceptors (Lipinski definition) is 4. The van der Waals surface area contributed by atoms with Crippen LogP contribution in [-0.4, -0.2) is 47.5 Å². The van der Waals surface area contributed by atoms with Gasteiger partial charge in [-0.25, -0.2) is 0 Å². The van der Waals surface area contributed by atoms with E-state index in [4.69, 9.17) is 5.26 Å². The van der Waals surface area contributed by atoms with Gasteiger partial charge in [0, 0.05) is 50.0 Å². The van der Waals surface area contributed by atoms with Gasteiger partial charge in [0.2, 0.25) is 0 Å². The average molecular weight is 272 g/mol. The first-order valence-corrected chi connectivity index (χ1v) is 7.26. The van der Waals surface area contributed by atoms with E-state index in [0.717, 1.165) is 38.4 Å². The standard InChI is InChI=1S/C16H24N4/c1-16(2,3)15-5-4-14(12-18-15)13-20-10-8-19(7-6-17)9-11-20/h4-5,12H,7-11,13H2,1-3H3. The minimum absolute atomic E-state index is 0.113. The Morgan fingerprint density at radius 1 is 1.15 bits per heavy atom. The highest BCUT2D eigenvalue weighted by Crippen LogP contribution is 2.20. The molecule has 1 aromatic rings. The fourth-order valence-electron chi connectivity index (χ4n) is 2.43. The van der Waals surface area contributed by atoms with Crippen LogP contribution in [0.2, 0.25) is 0 Å². The molecule has 1 aromatic heterocycles. The van der Waals surface area contributed by atoms with Crippen LogP contribution in [0, 0.1) is 11.3 Å². The molecule has 0 radical (unpaired) electrons. The van der Waals surface area contributed by atoms with Crippen molar-refractivity contribution < 1.29 is 0 Å². The van der Waals surface area contributed by atoms with Crippen molar-refractivity contribution in [2.45, 2.75) is 32.7 Å². The van der Waals surface area contributed by atoms with Crippen molar-refractivity contribution in [3.05, 3.63) is 29.6 Å². The molecule has 0 N–H and O–H groups in total. The zero-order valence-corrected chi connectivity index (χ0v) is 12.8. The highest BCUT2D eigenvalue weighted by atomic mass is 15.3.